The molecule has 0 saturated carbocycles. The van der Waals surface area contributed by atoms with Gasteiger partial charge in [0.2, 0.25) is 0 Å². The van der Waals surface area contributed by atoms with Gasteiger partial charge < -0.3 is 14.7 Å². The molecule has 1 saturated heterocycles. The van der Waals surface area contributed by atoms with Crippen LogP contribution in [0.5, 0.6) is 0 Å². The van der Waals surface area contributed by atoms with Crippen LogP contribution in [0.15, 0.2) is 56.2 Å². The summed E-state index contributed by atoms with van der Waals surface area (Å²) in [6.07, 6.45) is 4.79. The van der Waals surface area contributed by atoms with Crippen LogP contribution >= 0.6 is 0 Å². The number of aryl methyl sites for hydroxylation is 1. The Labute approximate surface area is 244 Å². The van der Waals surface area contributed by atoms with Gasteiger partial charge in [0, 0.05) is 50.5 Å². The van der Waals surface area contributed by atoms with Crippen molar-refractivity contribution >= 4 is 23.8 Å². The standard InChI is InChI=1S/C32H46F2N6O/c1-8-15-39(21-26-18-23(6)11-12-28(26)34)31(22(4)5)36-19-25(9-2)32(41)40(10-3)27-13-16-38(17-14-27)29-20-35-30(37-29)24(7)33/h9,11-12,18-19,24,27H,8,10,13-17,20-21H2,1-7H3/b25-9+,36-19-. The van der Waals surface area contributed by atoms with E-state index in [1.54, 1.807) is 18.4 Å². The van der Waals surface area contributed by atoms with Gasteiger partial charge in [-0.2, -0.15) is 0 Å². The SMILES string of the molecule is C/C=C(\C=N/C(=C(C)C)N(CCC)Cc1cc(C)ccc1F)C(=O)N(CC)C1CCN(C2=NC(C(C)F)=NC2)CC1. The fraction of sp³-hybridized carbons (Fsp3) is 0.562. The van der Waals surface area contributed by atoms with Crippen molar-refractivity contribution in [3.8, 4) is 0 Å². The van der Waals surface area contributed by atoms with Crippen LogP contribution in [0.4, 0.5) is 8.78 Å². The molecule has 2 aliphatic rings. The summed E-state index contributed by atoms with van der Waals surface area (Å²) >= 11 is 0. The summed E-state index contributed by atoms with van der Waals surface area (Å²) in [5, 5.41) is 0. The van der Waals surface area contributed by atoms with Crippen molar-refractivity contribution in [2.75, 3.05) is 32.7 Å². The van der Waals surface area contributed by atoms with Crippen LogP contribution in [0.3, 0.4) is 0 Å². The number of allylic oxidation sites excluding steroid dienone is 2. The fourth-order valence-corrected chi connectivity index (χ4v) is 5.38. The highest BCUT2D eigenvalue weighted by Gasteiger charge is 2.30. The number of aliphatic imine (C=N–C) groups is 3. The summed E-state index contributed by atoms with van der Waals surface area (Å²) in [6.45, 7) is 17.0. The zero-order chi connectivity index (χ0) is 30.1. The number of hydrogen-bond acceptors (Lipinski definition) is 6. The van der Waals surface area contributed by atoms with Gasteiger partial charge in [-0.15, -0.1) is 0 Å². The number of hydrogen-bond donors (Lipinski definition) is 0. The lowest BCUT2D eigenvalue weighted by molar-refractivity contribution is -0.129. The molecule has 0 bridgehead atoms. The second-order valence-electron chi connectivity index (χ2n) is 11.0. The van der Waals surface area contributed by atoms with E-state index in [1.165, 1.54) is 13.0 Å². The number of nitrogens with zero attached hydrogens (tertiary/aromatic N) is 6. The first-order valence-corrected chi connectivity index (χ1v) is 14.8. The van der Waals surface area contributed by atoms with E-state index < -0.39 is 6.17 Å². The molecule has 1 atom stereocenters. The first-order valence-electron chi connectivity index (χ1n) is 14.8. The average molecular weight is 569 g/mol. The van der Waals surface area contributed by atoms with E-state index in [9.17, 15) is 13.6 Å². The van der Waals surface area contributed by atoms with Gasteiger partial charge >= 0.3 is 0 Å². The van der Waals surface area contributed by atoms with Crippen LogP contribution in [0.2, 0.25) is 0 Å². The lowest BCUT2D eigenvalue weighted by atomic mass is 10.0. The normalized spacial score (nSPS) is 17.0. The monoisotopic (exact) mass is 568 g/mol. The summed E-state index contributed by atoms with van der Waals surface area (Å²) in [6, 6.07) is 5.26. The van der Waals surface area contributed by atoms with E-state index in [1.807, 2.05) is 45.6 Å². The largest absolute Gasteiger partial charge is 0.358 e. The van der Waals surface area contributed by atoms with Gasteiger partial charge in [-0.25, -0.2) is 18.8 Å². The third kappa shape index (κ3) is 8.33. The Kier molecular flexibility index (Phi) is 11.8. The molecule has 224 valence electrons. The maximum absolute atomic E-state index is 14.6. The average Bonchev–Trinajstić information content (AvgIpc) is 3.44. The molecule has 0 spiro atoms. The van der Waals surface area contributed by atoms with Gasteiger partial charge in [-0.3, -0.25) is 9.79 Å². The zero-order valence-corrected chi connectivity index (χ0v) is 25.8. The number of likely N-dealkylation sites (N-methyl/N-ethyl adjacent to an activating group) is 1. The Balaban J connectivity index is 1.71. The highest BCUT2D eigenvalue weighted by atomic mass is 19.1. The molecular weight excluding hydrogens is 522 g/mol. The molecule has 3 rings (SSSR count). The van der Waals surface area contributed by atoms with Crippen LogP contribution in [-0.2, 0) is 11.3 Å². The second-order valence-corrected chi connectivity index (χ2v) is 11.0. The van der Waals surface area contributed by atoms with Crippen LogP contribution in [0, 0.1) is 12.7 Å². The van der Waals surface area contributed by atoms with E-state index in [-0.39, 0.29) is 23.6 Å². The molecule has 9 heteroatoms. The molecule has 1 aromatic carbocycles. The van der Waals surface area contributed by atoms with Gasteiger partial charge in [-0.05, 0) is 72.4 Å². The van der Waals surface area contributed by atoms with Gasteiger partial charge in [0.05, 0.1) is 12.1 Å². The second kappa shape index (κ2) is 15.0. The number of benzene rings is 1. The van der Waals surface area contributed by atoms with Gasteiger partial charge in [0.15, 0.2) is 12.0 Å². The van der Waals surface area contributed by atoms with Crippen LogP contribution in [0.1, 0.15) is 71.9 Å². The van der Waals surface area contributed by atoms with E-state index in [2.05, 4.69) is 26.7 Å². The third-order valence-electron chi connectivity index (χ3n) is 7.54. The van der Waals surface area contributed by atoms with Crippen molar-refractivity contribution in [1.82, 2.24) is 14.7 Å². The highest BCUT2D eigenvalue weighted by molar-refractivity contribution is 6.12. The fourth-order valence-electron chi connectivity index (χ4n) is 5.38. The molecule has 7 nitrogen and oxygen atoms in total. The van der Waals surface area contributed by atoms with Crippen molar-refractivity contribution in [2.45, 2.75) is 86.5 Å². The molecule has 0 radical (unpaired) electrons. The summed E-state index contributed by atoms with van der Waals surface area (Å²) in [5.74, 6) is 1.55. The molecule has 41 heavy (non-hydrogen) atoms. The third-order valence-corrected chi connectivity index (χ3v) is 7.54. The highest BCUT2D eigenvalue weighted by Crippen LogP contribution is 2.22. The number of likely N-dealkylation sites (tertiary alicyclic amines) is 1. The predicted molar refractivity (Wildman–Crippen MR) is 165 cm³/mol. The minimum atomic E-state index is -1.16. The maximum Gasteiger partial charge on any atom is 0.255 e. The van der Waals surface area contributed by atoms with E-state index in [4.69, 9.17) is 4.99 Å². The van der Waals surface area contributed by atoms with Gasteiger partial charge in [0.25, 0.3) is 5.91 Å². The molecule has 0 aliphatic carbocycles. The Morgan fingerprint density at radius 3 is 2.51 bits per heavy atom. The quantitative estimate of drug-likeness (QED) is 0.240. The van der Waals surface area contributed by atoms with E-state index >= 15 is 0 Å². The number of amides is 1. The molecule has 2 heterocycles. The smallest absolute Gasteiger partial charge is 0.255 e. The maximum atomic E-state index is 14.6. The molecule has 1 fully saturated rings. The summed E-state index contributed by atoms with van der Waals surface area (Å²) in [4.78, 5) is 33.3. The number of piperidine rings is 1. The van der Waals surface area contributed by atoms with Crippen molar-refractivity contribution < 1.29 is 13.6 Å². The Morgan fingerprint density at radius 2 is 1.95 bits per heavy atom. The topological polar surface area (TPSA) is 63.9 Å². The Bertz CT molecular complexity index is 1220. The first kappa shape index (κ1) is 32.2. The minimum Gasteiger partial charge on any atom is -0.358 e. The molecule has 1 amide bonds. The number of amidine groups is 2. The molecule has 2 aliphatic heterocycles. The molecule has 0 N–H and O–H groups in total. The zero-order valence-electron chi connectivity index (χ0n) is 25.8. The number of halogens is 2. The molecular formula is C32H46F2N6O. The summed E-state index contributed by atoms with van der Waals surface area (Å²) < 4.78 is 28.2. The summed E-state index contributed by atoms with van der Waals surface area (Å²) in [7, 11) is 0. The van der Waals surface area contributed by atoms with Crippen LogP contribution in [-0.4, -0.2) is 83.4 Å². The Hall–Kier alpha value is -3.36. The van der Waals surface area contributed by atoms with Crippen molar-refractivity contribution in [2.24, 2.45) is 15.0 Å². The van der Waals surface area contributed by atoms with E-state index in [0.29, 0.717) is 37.3 Å². The van der Waals surface area contributed by atoms with Crippen LogP contribution < -0.4 is 0 Å². The van der Waals surface area contributed by atoms with Gasteiger partial charge in [-0.1, -0.05) is 30.7 Å². The summed E-state index contributed by atoms with van der Waals surface area (Å²) in [5.41, 5.74) is 3.16. The van der Waals surface area contributed by atoms with Crippen molar-refractivity contribution in [1.29, 1.82) is 0 Å². The number of rotatable bonds is 11. The lowest BCUT2D eigenvalue weighted by Crippen LogP contribution is -2.49. The van der Waals surface area contributed by atoms with Crippen molar-refractivity contribution in [3.05, 3.63) is 58.2 Å². The first-order chi connectivity index (χ1) is 19.6. The lowest BCUT2D eigenvalue weighted by Gasteiger charge is -2.39. The molecule has 1 unspecified atom stereocenters. The molecule has 1 aromatic rings. The van der Waals surface area contributed by atoms with Gasteiger partial charge in [0.1, 0.15) is 17.5 Å². The number of carbonyl (C=O) groups excluding carboxylic acids is 1. The van der Waals surface area contributed by atoms with E-state index in [0.717, 1.165) is 55.1 Å². The Morgan fingerprint density at radius 1 is 1.24 bits per heavy atom. The molecule has 0 aromatic heterocycles. The van der Waals surface area contributed by atoms with Crippen LogP contribution in [0.25, 0.3) is 0 Å². The predicted octanol–water partition coefficient (Wildman–Crippen LogP) is 6.10. The number of carbonyl (C=O) groups is 1. The van der Waals surface area contributed by atoms with Crippen molar-refractivity contribution in [3.63, 3.8) is 0 Å². The minimum absolute atomic E-state index is 0.0489. The number of alkyl halides is 1.